The molecule has 0 aliphatic heterocycles. The number of aromatic nitrogens is 3. The van der Waals surface area contributed by atoms with Gasteiger partial charge in [0.15, 0.2) is 0 Å². The normalized spacial score (nSPS) is 10.2. The van der Waals surface area contributed by atoms with Crippen molar-refractivity contribution >= 4 is 11.6 Å². The minimum atomic E-state index is -0.450. The number of nitrogens with two attached hydrogens (primary N) is 2. The highest BCUT2D eigenvalue weighted by atomic mass is 16.1. The van der Waals surface area contributed by atoms with Crippen LogP contribution in [0.25, 0.3) is 11.3 Å². The SMILES string of the molecule is NC(=O)Cn1cc(-c2ccc(N)cc2)nn1. The Kier molecular flexibility index (Phi) is 2.55. The molecular formula is C10H11N5O. The van der Waals surface area contributed by atoms with Crippen LogP contribution in [0.4, 0.5) is 5.69 Å². The summed E-state index contributed by atoms with van der Waals surface area (Å²) in [6, 6.07) is 7.24. The van der Waals surface area contributed by atoms with Crippen LogP contribution in [0.3, 0.4) is 0 Å². The number of nitrogen functional groups attached to an aromatic ring is 1. The first kappa shape index (κ1) is 10.2. The Bertz CT molecular complexity index is 502. The Morgan fingerprint density at radius 2 is 2.00 bits per heavy atom. The average molecular weight is 217 g/mol. The highest BCUT2D eigenvalue weighted by Gasteiger charge is 2.04. The molecule has 0 bridgehead atoms. The van der Waals surface area contributed by atoms with E-state index in [9.17, 15) is 4.79 Å². The van der Waals surface area contributed by atoms with Crippen LogP contribution < -0.4 is 11.5 Å². The van der Waals surface area contributed by atoms with Gasteiger partial charge in [-0.3, -0.25) is 4.79 Å². The summed E-state index contributed by atoms with van der Waals surface area (Å²) < 4.78 is 1.40. The van der Waals surface area contributed by atoms with Crippen molar-refractivity contribution in [2.45, 2.75) is 6.54 Å². The van der Waals surface area contributed by atoms with Gasteiger partial charge in [-0.2, -0.15) is 0 Å². The molecule has 0 aliphatic carbocycles. The number of benzene rings is 1. The number of primary amides is 1. The van der Waals surface area contributed by atoms with Crippen LogP contribution >= 0.6 is 0 Å². The van der Waals surface area contributed by atoms with Gasteiger partial charge in [0, 0.05) is 11.3 Å². The second-order valence-electron chi connectivity index (χ2n) is 3.39. The van der Waals surface area contributed by atoms with Crippen molar-refractivity contribution in [2.75, 3.05) is 5.73 Å². The quantitative estimate of drug-likeness (QED) is 0.707. The lowest BCUT2D eigenvalue weighted by Gasteiger charge is -1.96. The van der Waals surface area contributed by atoms with Crippen molar-refractivity contribution in [3.8, 4) is 11.3 Å². The molecule has 6 heteroatoms. The minimum Gasteiger partial charge on any atom is -0.399 e. The zero-order valence-corrected chi connectivity index (χ0v) is 8.50. The summed E-state index contributed by atoms with van der Waals surface area (Å²) in [6.45, 7) is 0.0297. The lowest BCUT2D eigenvalue weighted by Crippen LogP contribution is -2.18. The molecule has 1 heterocycles. The van der Waals surface area contributed by atoms with Crippen molar-refractivity contribution in [1.29, 1.82) is 0 Å². The van der Waals surface area contributed by atoms with Crippen LogP contribution in [0.5, 0.6) is 0 Å². The van der Waals surface area contributed by atoms with E-state index < -0.39 is 5.91 Å². The summed E-state index contributed by atoms with van der Waals surface area (Å²) in [5.41, 5.74) is 12.9. The summed E-state index contributed by atoms with van der Waals surface area (Å²) in [5, 5.41) is 7.72. The molecule has 82 valence electrons. The van der Waals surface area contributed by atoms with E-state index in [1.807, 2.05) is 12.1 Å². The molecule has 0 spiro atoms. The third-order valence-electron chi connectivity index (χ3n) is 2.06. The molecule has 0 radical (unpaired) electrons. The molecule has 0 saturated heterocycles. The van der Waals surface area contributed by atoms with Crippen molar-refractivity contribution in [3.63, 3.8) is 0 Å². The number of anilines is 1. The van der Waals surface area contributed by atoms with Gasteiger partial charge in [0.2, 0.25) is 5.91 Å². The van der Waals surface area contributed by atoms with Gasteiger partial charge in [-0.15, -0.1) is 5.10 Å². The van der Waals surface area contributed by atoms with E-state index in [1.54, 1.807) is 18.3 Å². The third kappa shape index (κ3) is 2.17. The van der Waals surface area contributed by atoms with E-state index >= 15 is 0 Å². The van der Waals surface area contributed by atoms with Gasteiger partial charge in [0.05, 0.1) is 6.20 Å². The Morgan fingerprint density at radius 1 is 1.31 bits per heavy atom. The summed E-state index contributed by atoms with van der Waals surface area (Å²) in [5.74, 6) is -0.450. The van der Waals surface area contributed by atoms with Crippen LogP contribution in [0.15, 0.2) is 30.5 Å². The van der Waals surface area contributed by atoms with Gasteiger partial charge in [-0.1, -0.05) is 17.3 Å². The summed E-state index contributed by atoms with van der Waals surface area (Å²) in [4.78, 5) is 10.7. The lowest BCUT2D eigenvalue weighted by molar-refractivity contribution is -0.118. The van der Waals surface area contributed by atoms with E-state index in [-0.39, 0.29) is 6.54 Å². The number of carbonyl (C=O) groups is 1. The molecule has 4 N–H and O–H groups in total. The number of carbonyl (C=O) groups excluding carboxylic acids is 1. The molecule has 16 heavy (non-hydrogen) atoms. The van der Waals surface area contributed by atoms with Crippen LogP contribution in [0, 0.1) is 0 Å². The Morgan fingerprint density at radius 3 is 2.62 bits per heavy atom. The molecule has 0 fully saturated rings. The van der Waals surface area contributed by atoms with Crippen molar-refractivity contribution < 1.29 is 4.79 Å². The van der Waals surface area contributed by atoms with Crippen molar-refractivity contribution in [1.82, 2.24) is 15.0 Å². The molecule has 1 amide bonds. The monoisotopic (exact) mass is 217 g/mol. The molecule has 6 nitrogen and oxygen atoms in total. The maximum Gasteiger partial charge on any atom is 0.239 e. The van der Waals surface area contributed by atoms with Crippen LogP contribution in [0.1, 0.15) is 0 Å². The molecular weight excluding hydrogens is 206 g/mol. The third-order valence-corrected chi connectivity index (χ3v) is 2.06. The Balaban J connectivity index is 2.24. The predicted octanol–water partition coefficient (Wildman–Crippen LogP) is 0.0126. The second kappa shape index (κ2) is 4.01. The molecule has 0 aliphatic rings. The topological polar surface area (TPSA) is 99.8 Å². The standard InChI is InChI=1S/C10H11N5O/c11-8-3-1-7(2-4-8)9-5-15(14-13-9)6-10(12)16/h1-5H,6,11H2,(H2,12,16). The van der Waals surface area contributed by atoms with E-state index in [2.05, 4.69) is 10.3 Å². The fourth-order valence-electron chi connectivity index (χ4n) is 1.32. The van der Waals surface area contributed by atoms with E-state index in [4.69, 9.17) is 11.5 Å². The number of nitrogens with zero attached hydrogens (tertiary/aromatic N) is 3. The van der Waals surface area contributed by atoms with Crippen LogP contribution in [0.2, 0.25) is 0 Å². The summed E-state index contributed by atoms with van der Waals surface area (Å²) in [6.07, 6.45) is 1.66. The first-order valence-corrected chi connectivity index (χ1v) is 4.69. The second-order valence-corrected chi connectivity index (χ2v) is 3.39. The van der Waals surface area contributed by atoms with E-state index in [1.165, 1.54) is 4.68 Å². The number of rotatable bonds is 3. The summed E-state index contributed by atoms with van der Waals surface area (Å²) >= 11 is 0. The predicted molar refractivity (Wildman–Crippen MR) is 59.1 cm³/mol. The van der Waals surface area contributed by atoms with Gasteiger partial charge < -0.3 is 11.5 Å². The van der Waals surface area contributed by atoms with Crippen LogP contribution in [-0.4, -0.2) is 20.9 Å². The Hall–Kier alpha value is -2.37. The van der Waals surface area contributed by atoms with Gasteiger partial charge in [-0.05, 0) is 12.1 Å². The Labute approximate surface area is 91.9 Å². The summed E-state index contributed by atoms with van der Waals surface area (Å²) in [7, 11) is 0. The molecule has 0 unspecified atom stereocenters. The van der Waals surface area contributed by atoms with Crippen molar-refractivity contribution in [3.05, 3.63) is 30.5 Å². The zero-order chi connectivity index (χ0) is 11.5. The maximum absolute atomic E-state index is 10.7. The highest BCUT2D eigenvalue weighted by Crippen LogP contribution is 2.17. The molecule has 0 saturated carbocycles. The van der Waals surface area contributed by atoms with Gasteiger partial charge >= 0.3 is 0 Å². The molecule has 1 aromatic heterocycles. The first-order valence-electron chi connectivity index (χ1n) is 4.69. The number of hydrogen-bond acceptors (Lipinski definition) is 4. The van der Waals surface area contributed by atoms with Gasteiger partial charge in [-0.25, -0.2) is 4.68 Å². The molecule has 2 rings (SSSR count). The number of amides is 1. The largest absolute Gasteiger partial charge is 0.399 e. The van der Waals surface area contributed by atoms with Crippen LogP contribution in [-0.2, 0) is 11.3 Å². The fourth-order valence-corrected chi connectivity index (χ4v) is 1.32. The van der Waals surface area contributed by atoms with Gasteiger partial charge in [0.1, 0.15) is 12.2 Å². The van der Waals surface area contributed by atoms with E-state index in [0.29, 0.717) is 11.4 Å². The van der Waals surface area contributed by atoms with Gasteiger partial charge in [0.25, 0.3) is 0 Å². The first-order chi connectivity index (χ1) is 7.65. The van der Waals surface area contributed by atoms with Crippen molar-refractivity contribution in [2.24, 2.45) is 5.73 Å². The zero-order valence-electron chi connectivity index (χ0n) is 8.50. The molecule has 2 aromatic rings. The molecule has 1 aromatic carbocycles. The minimum absolute atomic E-state index is 0.0297. The van der Waals surface area contributed by atoms with E-state index in [0.717, 1.165) is 5.56 Å². The highest BCUT2D eigenvalue weighted by molar-refractivity contribution is 5.73. The maximum atomic E-state index is 10.7. The molecule has 0 atom stereocenters. The lowest BCUT2D eigenvalue weighted by atomic mass is 10.1. The smallest absolute Gasteiger partial charge is 0.239 e. The average Bonchev–Trinajstić information content (AvgIpc) is 2.66. The fraction of sp³-hybridized carbons (Fsp3) is 0.100. The number of hydrogen-bond donors (Lipinski definition) is 2.